The predicted octanol–water partition coefficient (Wildman–Crippen LogP) is 2.82. The van der Waals surface area contributed by atoms with Gasteiger partial charge in [-0.05, 0) is 38.0 Å². The first-order valence-electron chi connectivity index (χ1n) is 9.59. The highest BCUT2D eigenvalue weighted by Crippen LogP contribution is 2.42. The number of carbonyl (C=O) groups is 2. The zero-order valence-corrected chi connectivity index (χ0v) is 18.7. The highest BCUT2D eigenvalue weighted by Gasteiger charge is 2.49. The van der Waals surface area contributed by atoms with E-state index >= 15 is 0 Å². The van der Waals surface area contributed by atoms with Crippen LogP contribution in [0.4, 0.5) is 13.2 Å². The molecule has 1 aromatic rings. The maximum Gasteiger partial charge on any atom is 0.429 e. The number of hydroxylamine groups is 1. The number of fused-ring (bicyclic) bond motifs is 1. The van der Waals surface area contributed by atoms with Crippen molar-refractivity contribution >= 4 is 47.1 Å². The lowest BCUT2D eigenvalue weighted by atomic mass is 9.99. The van der Waals surface area contributed by atoms with Crippen LogP contribution in [0.5, 0.6) is 5.75 Å². The second-order valence-electron chi connectivity index (χ2n) is 6.74. The lowest BCUT2D eigenvalue weighted by molar-refractivity contribution is -0.185. The molecule has 0 saturated carbocycles. The maximum atomic E-state index is 13.7. The van der Waals surface area contributed by atoms with Gasteiger partial charge in [0.05, 0.1) is 17.2 Å². The molecule has 1 aliphatic heterocycles. The molecule has 0 radical (unpaired) electrons. The van der Waals surface area contributed by atoms with Crippen LogP contribution in [-0.4, -0.2) is 54.5 Å². The van der Waals surface area contributed by atoms with E-state index in [1.165, 1.54) is 19.1 Å². The first kappa shape index (κ1) is 26.6. The number of ether oxygens (including phenoxy) is 2. The van der Waals surface area contributed by atoms with Gasteiger partial charge in [-0.1, -0.05) is 23.2 Å². The van der Waals surface area contributed by atoms with Gasteiger partial charge in [0, 0.05) is 17.1 Å². The van der Waals surface area contributed by atoms with Gasteiger partial charge in [-0.25, -0.2) is 10.3 Å². The molecule has 14 heteroatoms. The van der Waals surface area contributed by atoms with Crippen LogP contribution in [-0.2, 0) is 14.3 Å². The van der Waals surface area contributed by atoms with Gasteiger partial charge in [-0.3, -0.25) is 15.0 Å². The summed E-state index contributed by atoms with van der Waals surface area (Å²) in [5, 5.41) is 10.8. The number of nitrogens with two attached hydrogens (primary N) is 1. The fraction of sp³-hybridized carbons (Fsp3) is 0.421. The number of rotatable bonds is 8. The zero-order valence-electron chi connectivity index (χ0n) is 17.2. The second kappa shape index (κ2) is 11.4. The summed E-state index contributed by atoms with van der Waals surface area (Å²) in [5.41, 5.74) is 6.19. The molecule has 0 aromatic heterocycles. The number of guanidine groups is 1. The van der Waals surface area contributed by atoms with Crippen LogP contribution < -0.4 is 21.3 Å². The molecular formula is C19H21Cl2F3N4O5. The first-order chi connectivity index (χ1) is 15.5. The smallest absolute Gasteiger partial charge is 0.429 e. The van der Waals surface area contributed by atoms with Gasteiger partial charge in [0.1, 0.15) is 11.8 Å². The summed E-state index contributed by atoms with van der Waals surface area (Å²) in [6, 6.07) is 1.24. The lowest BCUT2D eigenvalue weighted by Gasteiger charge is -2.29. The van der Waals surface area contributed by atoms with E-state index in [1.807, 2.05) is 0 Å². The van der Waals surface area contributed by atoms with Crippen molar-refractivity contribution in [2.75, 3.05) is 13.2 Å². The summed E-state index contributed by atoms with van der Waals surface area (Å²) in [5.74, 6) is -2.55. The summed E-state index contributed by atoms with van der Waals surface area (Å²) >= 11 is 11.9. The molecule has 1 heterocycles. The maximum absolute atomic E-state index is 13.7. The summed E-state index contributed by atoms with van der Waals surface area (Å²) in [4.78, 5) is 28.8. The second-order valence-corrected chi connectivity index (χ2v) is 7.59. The molecule has 2 rings (SSSR count). The van der Waals surface area contributed by atoms with E-state index in [9.17, 15) is 22.8 Å². The van der Waals surface area contributed by atoms with E-state index in [0.29, 0.717) is 0 Å². The highest BCUT2D eigenvalue weighted by atomic mass is 35.5. The van der Waals surface area contributed by atoms with Gasteiger partial charge in [0.2, 0.25) is 12.1 Å². The number of alkyl halides is 3. The summed E-state index contributed by atoms with van der Waals surface area (Å²) in [6.45, 7) is 1.59. The van der Waals surface area contributed by atoms with E-state index in [0.717, 1.165) is 6.08 Å². The lowest BCUT2D eigenvalue weighted by Crippen LogP contribution is -2.48. The minimum Gasteiger partial charge on any atom is -0.474 e. The minimum absolute atomic E-state index is 0.00784. The van der Waals surface area contributed by atoms with Crippen LogP contribution in [0.2, 0.25) is 10.0 Å². The Bertz CT molecular complexity index is 956. The van der Waals surface area contributed by atoms with Crippen molar-refractivity contribution in [2.45, 2.75) is 38.1 Å². The molecule has 33 heavy (non-hydrogen) atoms. The van der Waals surface area contributed by atoms with Crippen molar-refractivity contribution in [3.8, 4) is 5.75 Å². The number of hydrogen-bond acceptors (Lipinski definition) is 6. The molecule has 9 nitrogen and oxygen atoms in total. The molecular weight excluding hydrogens is 492 g/mol. The first-order valence-corrected chi connectivity index (χ1v) is 10.3. The normalized spacial score (nSPS) is 16.8. The standard InChI is InChI=1S/C19H21Cl2F3N4O5/c1-2-32-17(30)13(4-3-5-26-18(25)28-31)27-16(29)11-7-9-6-10(20)8-12(21)14(9)33-15(11)19(22,23)24/h6-8,13,15,31H,2-5H2,1H3,(H,27,29)(H3,25,26,28)/t13-,15-/m0/s1. The number of nitrogens with one attached hydrogen (secondary N) is 2. The van der Waals surface area contributed by atoms with Crippen LogP contribution in [0, 0.1) is 0 Å². The third kappa shape index (κ3) is 7.14. The molecule has 2 atom stereocenters. The monoisotopic (exact) mass is 512 g/mol. The molecule has 5 N–H and O–H groups in total. The molecule has 182 valence electrons. The highest BCUT2D eigenvalue weighted by molar-refractivity contribution is 6.36. The number of benzene rings is 1. The number of esters is 1. The summed E-state index contributed by atoms with van der Waals surface area (Å²) < 4.78 is 50.9. The topological polar surface area (TPSA) is 135 Å². The Hall–Kier alpha value is -2.70. The number of halogens is 5. The van der Waals surface area contributed by atoms with Gasteiger partial charge in [0.25, 0.3) is 5.91 Å². The van der Waals surface area contributed by atoms with E-state index in [4.69, 9.17) is 43.6 Å². The van der Waals surface area contributed by atoms with Crippen molar-refractivity contribution in [2.24, 2.45) is 10.7 Å². The Morgan fingerprint density at radius 1 is 1.36 bits per heavy atom. The van der Waals surface area contributed by atoms with Gasteiger partial charge < -0.3 is 20.5 Å². The van der Waals surface area contributed by atoms with Gasteiger partial charge in [0.15, 0.2) is 0 Å². The number of carbonyl (C=O) groups excluding carboxylic acids is 2. The molecule has 1 aliphatic rings. The molecule has 0 aliphatic carbocycles. The van der Waals surface area contributed by atoms with E-state index in [2.05, 4.69) is 10.3 Å². The van der Waals surface area contributed by atoms with Crippen LogP contribution in [0.25, 0.3) is 6.08 Å². The number of amides is 1. The number of aliphatic imine (C=N–C) groups is 1. The minimum atomic E-state index is -4.95. The van der Waals surface area contributed by atoms with Crippen LogP contribution >= 0.6 is 23.2 Å². The van der Waals surface area contributed by atoms with Crippen LogP contribution in [0.3, 0.4) is 0 Å². The summed E-state index contributed by atoms with van der Waals surface area (Å²) in [7, 11) is 0. The molecule has 1 amide bonds. The average molecular weight is 513 g/mol. The van der Waals surface area contributed by atoms with Gasteiger partial charge >= 0.3 is 12.1 Å². The van der Waals surface area contributed by atoms with E-state index in [1.54, 1.807) is 5.48 Å². The van der Waals surface area contributed by atoms with E-state index in [-0.39, 0.29) is 53.3 Å². The van der Waals surface area contributed by atoms with Gasteiger partial charge in [-0.15, -0.1) is 0 Å². The van der Waals surface area contributed by atoms with Crippen molar-refractivity contribution in [1.29, 1.82) is 0 Å². The zero-order chi connectivity index (χ0) is 24.8. The average Bonchev–Trinajstić information content (AvgIpc) is 2.73. The van der Waals surface area contributed by atoms with E-state index < -0.39 is 35.8 Å². The Morgan fingerprint density at radius 3 is 2.67 bits per heavy atom. The molecule has 0 saturated heterocycles. The fourth-order valence-electron chi connectivity index (χ4n) is 2.93. The number of nitrogens with zero attached hydrogens (tertiary/aromatic N) is 1. The van der Waals surface area contributed by atoms with Crippen molar-refractivity contribution < 1.29 is 37.4 Å². The molecule has 0 spiro atoms. The summed E-state index contributed by atoms with van der Waals surface area (Å²) in [6.07, 6.45) is -6.44. The number of hydrogen-bond donors (Lipinski definition) is 4. The quantitative estimate of drug-likeness (QED) is 0.138. The van der Waals surface area contributed by atoms with Crippen LogP contribution in [0.1, 0.15) is 25.3 Å². The van der Waals surface area contributed by atoms with Crippen LogP contribution in [0.15, 0.2) is 22.7 Å². The largest absolute Gasteiger partial charge is 0.474 e. The molecule has 1 aromatic carbocycles. The predicted molar refractivity (Wildman–Crippen MR) is 114 cm³/mol. The van der Waals surface area contributed by atoms with Crippen molar-refractivity contribution in [3.63, 3.8) is 0 Å². The third-order valence-electron chi connectivity index (χ3n) is 4.35. The Labute approximate surface area is 196 Å². The molecule has 0 fully saturated rings. The Kier molecular flexibility index (Phi) is 9.20. The Morgan fingerprint density at radius 2 is 2.06 bits per heavy atom. The van der Waals surface area contributed by atoms with Crippen molar-refractivity contribution in [1.82, 2.24) is 10.8 Å². The molecule has 0 bridgehead atoms. The molecule has 0 unspecified atom stereocenters. The van der Waals surface area contributed by atoms with Crippen molar-refractivity contribution in [3.05, 3.63) is 33.3 Å². The third-order valence-corrected chi connectivity index (χ3v) is 4.85. The Balaban J connectivity index is 2.30. The SMILES string of the molecule is CCOC(=O)[C@H](CCCN=C(N)NO)NC(=O)C1=Cc2cc(Cl)cc(Cl)c2O[C@@H]1C(F)(F)F. The van der Waals surface area contributed by atoms with Gasteiger partial charge in [-0.2, -0.15) is 13.2 Å². The fourth-order valence-corrected chi connectivity index (χ4v) is 3.48.